The second-order valence-corrected chi connectivity index (χ2v) is 9.38. The van der Waals surface area contributed by atoms with Crippen molar-refractivity contribution in [2.45, 2.75) is 29.9 Å². The van der Waals surface area contributed by atoms with Crippen LogP contribution in [0.15, 0.2) is 48.5 Å². The van der Waals surface area contributed by atoms with E-state index in [1.165, 1.54) is 34.3 Å². The zero-order valence-corrected chi connectivity index (χ0v) is 16.2. The molecule has 0 amide bonds. The minimum absolute atomic E-state index is 0.191. The molecule has 0 aliphatic carbocycles. The first-order valence-electron chi connectivity index (χ1n) is 7.65. The second-order valence-electron chi connectivity index (χ2n) is 5.94. The first-order valence-corrected chi connectivity index (χ1v) is 9.48. The number of hydrogen-bond acceptors (Lipinski definition) is 0. The lowest BCUT2D eigenvalue weighted by Gasteiger charge is -2.15. The molecule has 4 heteroatoms. The summed E-state index contributed by atoms with van der Waals surface area (Å²) in [7, 11) is 0. The number of hydrogen-bond donors (Lipinski definition) is 0. The summed E-state index contributed by atoms with van der Waals surface area (Å²) in [4.78, 5) is 0. The molecule has 2 aromatic carbocycles. The van der Waals surface area contributed by atoms with Gasteiger partial charge in [0.15, 0.2) is 0 Å². The molecule has 0 aliphatic heterocycles. The molecule has 0 unspecified atom stereocenters. The van der Waals surface area contributed by atoms with Gasteiger partial charge in [0.1, 0.15) is 5.82 Å². The Morgan fingerprint density at radius 1 is 1.00 bits per heavy atom. The molecule has 23 heavy (non-hydrogen) atoms. The molecule has 3 rings (SSSR count). The highest BCUT2D eigenvalue weighted by Crippen LogP contribution is 2.36. The third kappa shape index (κ3) is 3.24. The molecule has 0 radical (unpaired) electrons. The van der Waals surface area contributed by atoms with E-state index in [4.69, 9.17) is 0 Å². The van der Waals surface area contributed by atoms with Crippen molar-refractivity contribution in [2.24, 2.45) is 0 Å². The fourth-order valence-electron chi connectivity index (χ4n) is 3.19. The molecule has 1 heterocycles. The van der Waals surface area contributed by atoms with Crippen molar-refractivity contribution in [1.82, 2.24) is 4.57 Å². The number of fused-ring (bicyclic) bond motifs is 1. The molecule has 0 saturated carbocycles. The van der Waals surface area contributed by atoms with Crippen LogP contribution in [0.1, 0.15) is 31.0 Å². The van der Waals surface area contributed by atoms with Crippen molar-refractivity contribution in [3.63, 3.8) is 0 Å². The van der Waals surface area contributed by atoms with Crippen LogP contribution in [0.25, 0.3) is 16.6 Å². The van der Waals surface area contributed by atoms with E-state index in [0.717, 1.165) is 12.1 Å². The fourth-order valence-corrected chi connectivity index (χ4v) is 3.81. The molecule has 0 N–H and O–H groups in total. The number of halogens is 3. The van der Waals surface area contributed by atoms with E-state index in [9.17, 15) is 4.39 Å². The number of nitrogens with zero attached hydrogens (tertiary/aromatic N) is 1. The van der Waals surface area contributed by atoms with Crippen molar-refractivity contribution in [1.29, 1.82) is 0 Å². The van der Waals surface area contributed by atoms with E-state index >= 15 is 0 Å². The molecule has 0 aliphatic rings. The van der Waals surface area contributed by atoms with Crippen molar-refractivity contribution in [3.05, 3.63) is 65.6 Å². The van der Waals surface area contributed by atoms with Crippen LogP contribution in [-0.2, 0) is 6.42 Å². The van der Waals surface area contributed by atoms with Crippen molar-refractivity contribution in [2.75, 3.05) is 0 Å². The molecule has 3 aromatic rings. The first kappa shape index (κ1) is 16.7. The lowest BCUT2D eigenvalue weighted by Crippen LogP contribution is -2.06. The smallest absolute Gasteiger partial charge is 0.123 e. The summed E-state index contributed by atoms with van der Waals surface area (Å²) in [6.45, 7) is 4.44. The summed E-state index contributed by atoms with van der Waals surface area (Å²) in [6, 6.07) is 15.1. The van der Waals surface area contributed by atoms with Gasteiger partial charge in [-0.15, -0.1) is 0 Å². The predicted octanol–water partition coefficient (Wildman–Crippen LogP) is 6.55. The predicted molar refractivity (Wildman–Crippen MR) is 103 cm³/mol. The first-order chi connectivity index (χ1) is 11.0. The van der Waals surface area contributed by atoms with E-state index in [0.29, 0.717) is 5.92 Å². The number of alkyl halides is 2. The average Bonchev–Trinajstić information content (AvgIpc) is 2.81. The zero-order chi connectivity index (χ0) is 16.6. The maximum Gasteiger partial charge on any atom is 0.123 e. The SMILES string of the molecule is CC(C)c1c(CC(Br)Br)n(-c2ccc(F)cc2)c2ccccc12. The number of rotatable bonds is 4. The summed E-state index contributed by atoms with van der Waals surface area (Å²) in [6.07, 6.45) is 0.847. The van der Waals surface area contributed by atoms with Gasteiger partial charge < -0.3 is 4.57 Å². The minimum atomic E-state index is -0.213. The van der Waals surface area contributed by atoms with Crippen LogP contribution in [0.5, 0.6) is 0 Å². The fraction of sp³-hybridized carbons (Fsp3) is 0.263. The highest BCUT2D eigenvalue weighted by atomic mass is 79.9. The van der Waals surface area contributed by atoms with Crippen molar-refractivity contribution >= 4 is 42.8 Å². The molecule has 0 atom stereocenters. The maximum atomic E-state index is 13.3. The Morgan fingerprint density at radius 3 is 2.26 bits per heavy atom. The Balaban J connectivity index is 2.35. The van der Waals surface area contributed by atoms with Crippen molar-refractivity contribution in [3.8, 4) is 5.69 Å². The van der Waals surface area contributed by atoms with E-state index in [2.05, 4.69) is 74.5 Å². The van der Waals surface area contributed by atoms with Gasteiger partial charge in [0.25, 0.3) is 0 Å². The quantitative estimate of drug-likeness (QED) is 0.407. The molecular formula is C19H18Br2FN. The number of aromatic nitrogens is 1. The molecule has 0 fully saturated rings. The molecule has 0 spiro atoms. The molecule has 0 bridgehead atoms. The summed E-state index contributed by atoms with van der Waals surface area (Å²) >= 11 is 7.23. The highest BCUT2D eigenvalue weighted by Gasteiger charge is 2.21. The Kier molecular flexibility index (Phi) is 4.93. The van der Waals surface area contributed by atoms with Gasteiger partial charge in [-0.25, -0.2) is 4.39 Å². The van der Waals surface area contributed by atoms with Crippen LogP contribution >= 0.6 is 31.9 Å². The average molecular weight is 439 g/mol. The molecule has 1 nitrogen and oxygen atoms in total. The number of para-hydroxylation sites is 1. The summed E-state index contributed by atoms with van der Waals surface area (Å²) < 4.78 is 15.8. The second kappa shape index (κ2) is 6.78. The van der Waals surface area contributed by atoms with Gasteiger partial charge in [-0.3, -0.25) is 0 Å². The van der Waals surface area contributed by atoms with E-state index in [1.54, 1.807) is 0 Å². The number of benzene rings is 2. The largest absolute Gasteiger partial charge is 0.313 e. The lowest BCUT2D eigenvalue weighted by molar-refractivity contribution is 0.627. The topological polar surface area (TPSA) is 4.93 Å². The van der Waals surface area contributed by atoms with Gasteiger partial charge in [0.05, 0.1) is 9.25 Å². The minimum Gasteiger partial charge on any atom is -0.313 e. The Labute approximate surface area is 152 Å². The highest BCUT2D eigenvalue weighted by molar-refractivity contribution is 9.24. The van der Waals surface area contributed by atoms with Crippen LogP contribution < -0.4 is 0 Å². The molecule has 0 saturated heterocycles. The Hall–Kier alpha value is -1.13. The standard InChI is InChI=1S/C19H18Br2FN/c1-12(2)19-15-5-3-4-6-16(15)23(17(19)11-18(20)21)14-9-7-13(22)8-10-14/h3-10,12,18H,11H2,1-2H3. The normalized spacial score (nSPS) is 11.8. The monoisotopic (exact) mass is 437 g/mol. The lowest BCUT2D eigenvalue weighted by atomic mass is 9.98. The van der Waals surface area contributed by atoms with E-state index in [1.807, 2.05) is 12.1 Å². The van der Waals surface area contributed by atoms with Crippen LogP contribution in [0, 0.1) is 5.82 Å². The third-order valence-electron chi connectivity index (χ3n) is 4.03. The van der Waals surface area contributed by atoms with Crippen molar-refractivity contribution < 1.29 is 4.39 Å². The molecule has 120 valence electrons. The van der Waals surface area contributed by atoms with Crippen LogP contribution in [-0.4, -0.2) is 8.30 Å². The third-order valence-corrected chi connectivity index (χ3v) is 4.67. The summed E-state index contributed by atoms with van der Waals surface area (Å²) in [5.41, 5.74) is 4.77. The Bertz CT molecular complexity index is 819. The van der Waals surface area contributed by atoms with Crippen LogP contribution in [0.4, 0.5) is 4.39 Å². The zero-order valence-electron chi connectivity index (χ0n) is 13.1. The summed E-state index contributed by atoms with van der Waals surface area (Å²) in [5, 5.41) is 1.27. The van der Waals surface area contributed by atoms with Crippen LogP contribution in [0.2, 0.25) is 0 Å². The van der Waals surface area contributed by atoms with Crippen LogP contribution in [0.3, 0.4) is 0 Å². The van der Waals surface area contributed by atoms with Gasteiger partial charge in [-0.05, 0) is 41.8 Å². The maximum absolute atomic E-state index is 13.3. The van der Waals surface area contributed by atoms with Gasteiger partial charge in [-0.1, -0.05) is 63.9 Å². The van der Waals surface area contributed by atoms with Gasteiger partial charge in [-0.2, -0.15) is 0 Å². The van der Waals surface area contributed by atoms with Gasteiger partial charge in [0.2, 0.25) is 0 Å². The van der Waals surface area contributed by atoms with Gasteiger partial charge in [0, 0.05) is 23.2 Å². The van der Waals surface area contributed by atoms with Gasteiger partial charge >= 0.3 is 0 Å². The van der Waals surface area contributed by atoms with E-state index in [-0.39, 0.29) is 9.55 Å². The Morgan fingerprint density at radius 2 is 1.65 bits per heavy atom. The molecule has 1 aromatic heterocycles. The molecular weight excluding hydrogens is 421 g/mol. The summed E-state index contributed by atoms with van der Waals surface area (Å²) in [5.74, 6) is 0.199. The van der Waals surface area contributed by atoms with E-state index < -0.39 is 0 Å².